The highest BCUT2D eigenvalue weighted by Crippen LogP contribution is 2.41. The maximum Gasteiger partial charge on any atom is 0.328 e. The van der Waals surface area contributed by atoms with Gasteiger partial charge in [0.1, 0.15) is 0 Å². The molecule has 0 spiro atoms. The molecular formula is C17H17N3O2. The number of hydrogen-bond donors (Lipinski definition) is 1. The number of rotatable bonds is 2. The highest BCUT2D eigenvalue weighted by molar-refractivity contribution is 6.10. The van der Waals surface area contributed by atoms with E-state index in [-0.39, 0.29) is 11.9 Å². The van der Waals surface area contributed by atoms with Crippen molar-refractivity contribution in [1.82, 2.24) is 10.3 Å². The van der Waals surface area contributed by atoms with Gasteiger partial charge in [-0.25, -0.2) is 4.79 Å². The van der Waals surface area contributed by atoms with Gasteiger partial charge in [-0.3, -0.25) is 20.0 Å². The zero-order chi connectivity index (χ0) is 15.1. The Morgan fingerprint density at radius 3 is 2.73 bits per heavy atom. The van der Waals surface area contributed by atoms with Crippen LogP contribution in [0.4, 0.5) is 10.5 Å². The van der Waals surface area contributed by atoms with E-state index in [4.69, 9.17) is 0 Å². The number of fused-ring (bicyclic) bond motifs is 1. The van der Waals surface area contributed by atoms with Crippen LogP contribution in [-0.4, -0.2) is 23.5 Å². The number of benzene rings is 1. The van der Waals surface area contributed by atoms with Gasteiger partial charge in [0.2, 0.25) is 5.91 Å². The van der Waals surface area contributed by atoms with Crippen LogP contribution < -0.4 is 10.2 Å². The lowest BCUT2D eigenvalue weighted by atomic mass is 9.78. The van der Waals surface area contributed by atoms with Crippen molar-refractivity contribution in [2.45, 2.75) is 31.6 Å². The van der Waals surface area contributed by atoms with Gasteiger partial charge in [0.05, 0.1) is 11.9 Å². The summed E-state index contributed by atoms with van der Waals surface area (Å²) in [6.45, 7) is 0.402. The van der Waals surface area contributed by atoms with Gasteiger partial charge in [-0.1, -0.05) is 24.6 Å². The summed E-state index contributed by atoms with van der Waals surface area (Å²) in [5.74, 6) is 0.391. The predicted octanol–water partition coefficient (Wildman–Crippen LogP) is 2.95. The number of aromatic nitrogens is 1. The SMILES string of the molecule is O=C1CCN(c2cncc3c(C4CCC4)cccc23)C(=O)N1. The van der Waals surface area contributed by atoms with E-state index in [1.54, 1.807) is 11.1 Å². The second-order valence-electron chi connectivity index (χ2n) is 5.98. The highest BCUT2D eigenvalue weighted by atomic mass is 16.2. The Bertz CT molecular complexity index is 768. The highest BCUT2D eigenvalue weighted by Gasteiger charge is 2.27. The molecule has 112 valence electrons. The second kappa shape index (κ2) is 5.09. The van der Waals surface area contributed by atoms with E-state index in [0.29, 0.717) is 18.9 Å². The minimum absolute atomic E-state index is 0.218. The first-order chi connectivity index (χ1) is 10.7. The largest absolute Gasteiger partial charge is 0.328 e. The Morgan fingerprint density at radius 2 is 2.00 bits per heavy atom. The maximum absolute atomic E-state index is 12.1. The number of anilines is 1. The molecule has 1 N–H and O–H groups in total. The lowest BCUT2D eigenvalue weighted by molar-refractivity contribution is -0.120. The van der Waals surface area contributed by atoms with Crippen molar-refractivity contribution >= 4 is 28.4 Å². The van der Waals surface area contributed by atoms with E-state index in [1.807, 2.05) is 18.3 Å². The molecule has 5 nitrogen and oxygen atoms in total. The summed E-state index contributed by atoms with van der Waals surface area (Å²) < 4.78 is 0. The van der Waals surface area contributed by atoms with Gasteiger partial charge < -0.3 is 0 Å². The summed E-state index contributed by atoms with van der Waals surface area (Å²) >= 11 is 0. The van der Waals surface area contributed by atoms with Gasteiger partial charge in [-0.05, 0) is 24.3 Å². The van der Waals surface area contributed by atoms with E-state index in [9.17, 15) is 9.59 Å². The summed E-state index contributed by atoms with van der Waals surface area (Å²) in [6.07, 6.45) is 7.65. The minimum atomic E-state index is -0.361. The van der Waals surface area contributed by atoms with Crippen LogP contribution in [0.3, 0.4) is 0 Å². The molecule has 0 unspecified atom stereocenters. The topological polar surface area (TPSA) is 62.3 Å². The number of nitrogens with zero attached hydrogens (tertiary/aromatic N) is 2. The monoisotopic (exact) mass is 295 g/mol. The van der Waals surface area contributed by atoms with Crippen LogP contribution in [0.25, 0.3) is 10.8 Å². The van der Waals surface area contributed by atoms with Crippen LogP contribution in [0.1, 0.15) is 37.2 Å². The summed E-state index contributed by atoms with van der Waals surface area (Å²) in [6, 6.07) is 5.88. The van der Waals surface area contributed by atoms with Crippen molar-refractivity contribution in [2.24, 2.45) is 0 Å². The van der Waals surface area contributed by atoms with E-state index in [1.165, 1.54) is 24.8 Å². The average molecular weight is 295 g/mol. The lowest BCUT2D eigenvalue weighted by Gasteiger charge is -2.29. The number of carbonyl (C=O) groups excluding carboxylic acids is 2. The number of nitrogens with one attached hydrogen (secondary N) is 1. The number of hydrogen-bond acceptors (Lipinski definition) is 3. The summed E-state index contributed by atoms with van der Waals surface area (Å²) in [5, 5.41) is 4.52. The molecule has 0 radical (unpaired) electrons. The first-order valence-electron chi connectivity index (χ1n) is 7.72. The number of carbonyl (C=O) groups is 2. The second-order valence-corrected chi connectivity index (χ2v) is 5.98. The van der Waals surface area contributed by atoms with Crippen LogP contribution in [0.5, 0.6) is 0 Å². The van der Waals surface area contributed by atoms with E-state index in [2.05, 4.69) is 16.4 Å². The molecule has 3 amide bonds. The molecule has 2 aliphatic rings. The Kier molecular flexibility index (Phi) is 3.06. The molecule has 1 aliphatic carbocycles. The quantitative estimate of drug-likeness (QED) is 0.926. The van der Waals surface area contributed by atoms with Crippen LogP contribution >= 0.6 is 0 Å². The van der Waals surface area contributed by atoms with Gasteiger partial charge in [-0.2, -0.15) is 0 Å². The van der Waals surface area contributed by atoms with Gasteiger partial charge in [0.15, 0.2) is 0 Å². The smallest absolute Gasteiger partial charge is 0.291 e. The summed E-state index contributed by atoms with van der Waals surface area (Å²) in [4.78, 5) is 29.4. The van der Waals surface area contributed by atoms with Gasteiger partial charge in [-0.15, -0.1) is 0 Å². The number of amides is 3. The van der Waals surface area contributed by atoms with Crippen LogP contribution in [-0.2, 0) is 4.79 Å². The van der Waals surface area contributed by atoms with Gasteiger partial charge in [0, 0.05) is 29.9 Å². The molecule has 1 aromatic heterocycles. The Morgan fingerprint density at radius 1 is 1.14 bits per heavy atom. The van der Waals surface area contributed by atoms with Gasteiger partial charge >= 0.3 is 6.03 Å². The Hall–Kier alpha value is -2.43. The van der Waals surface area contributed by atoms with Crippen molar-refractivity contribution in [2.75, 3.05) is 11.4 Å². The molecule has 22 heavy (non-hydrogen) atoms. The zero-order valence-corrected chi connectivity index (χ0v) is 12.2. The van der Waals surface area contributed by atoms with Crippen molar-refractivity contribution in [3.63, 3.8) is 0 Å². The maximum atomic E-state index is 12.1. The minimum Gasteiger partial charge on any atom is -0.291 e. The molecule has 2 heterocycles. The molecule has 1 saturated heterocycles. The molecule has 2 fully saturated rings. The predicted molar refractivity (Wildman–Crippen MR) is 83.8 cm³/mol. The number of urea groups is 1. The number of imide groups is 1. The average Bonchev–Trinajstić information content (AvgIpc) is 2.46. The van der Waals surface area contributed by atoms with Gasteiger partial charge in [0.25, 0.3) is 0 Å². The van der Waals surface area contributed by atoms with Crippen molar-refractivity contribution in [1.29, 1.82) is 0 Å². The zero-order valence-electron chi connectivity index (χ0n) is 12.2. The van der Waals surface area contributed by atoms with Crippen LogP contribution in [0, 0.1) is 0 Å². The molecular weight excluding hydrogens is 278 g/mol. The Labute approximate surface area is 128 Å². The molecule has 2 aromatic rings. The third-order valence-corrected chi connectivity index (χ3v) is 4.71. The molecule has 1 aliphatic heterocycles. The summed E-state index contributed by atoms with van der Waals surface area (Å²) in [5.41, 5.74) is 2.11. The number of pyridine rings is 1. The molecule has 4 rings (SSSR count). The van der Waals surface area contributed by atoms with Crippen molar-refractivity contribution < 1.29 is 9.59 Å². The van der Waals surface area contributed by atoms with E-state index < -0.39 is 0 Å². The fourth-order valence-electron chi connectivity index (χ4n) is 3.29. The molecule has 5 heteroatoms. The fourth-order valence-corrected chi connectivity index (χ4v) is 3.29. The Balaban J connectivity index is 1.81. The van der Waals surface area contributed by atoms with Crippen LogP contribution in [0.2, 0.25) is 0 Å². The standard InChI is InChI=1S/C17H17N3O2/c21-16-7-8-20(17(22)19-16)15-10-18-9-14-12(11-3-1-4-11)5-2-6-13(14)15/h2,5-6,9-11H,1,3-4,7-8H2,(H,19,21,22). The summed E-state index contributed by atoms with van der Waals surface area (Å²) in [7, 11) is 0. The molecule has 1 saturated carbocycles. The lowest BCUT2D eigenvalue weighted by Crippen LogP contribution is -2.49. The third-order valence-electron chi connectivity index (χ3n) is 4.71. The van der Waals surface area contributed by atoms with E-state index in [0.717, 1.165) is 16.5 Å². The first-order valence-corrected chi connectivity index (χ1v) is 7.72. The molecule has 0 bridgehead atoms. The normalized spacial score (nSPS) is 19.2. The van der Waals surface area contributed by atoms with Crippen molar-refractivity contribution in [3.05, 3.63) is 36.2 Å². The van der Waals surface area contributed by atoms with Crippen LogP contribution in [0.15, 0.2) is 30.6 Å². The van der Waals surface area contributed by atoms with Crippen molar-refractivity contribution in [3.8, 4) is 0 Å². The molecule has 0 atom stereocenters. The first kappa shape index (κ1) is 13.2. The third kappa shape index (κ3) is 2.04. The van der Waals surface area contributed by atoms with E-state index >= 15 is 0 Å². The molecule has 1 aromatic carbocycles. The fraction of sp³-hybridized carbons (Fsp3) is 0.353.